The van der Waals surface area contributed by atoms with Crippen LogP contribution in [0.15, 0.2) is 197 Å². The monoisotopic (exact) mass is 1490 g/mol. The highest BCUT2D eigenvalue weighted by molar-refractivity contribution is 7.90. The molecule has 27 heteroatoms. The Balaban J connectivity index is 0.000000169. The van der Waals surface area contributed by atoms with Crippen molar-refractivity contribution in [2.45, 2.75) is 111 Å². The molecule has 0 spiro atoms. The van der Waals surface area contributed by atoms with Gasteiger partial charge < -0.3 is 41.1 Å². The van der Waals surface area contributed by atoms with Crippen molar-refractivity contribution in [3.63, 3.8) is 0 Å². The Morgan fingerprint density at radius 3 is 0.933 bits per heavy atom. The number of likely N-dealkylation sites (tertiary alicyclic amines) is 3. The number of carboxylic acid groups (broad SMARTS) is 3. The number of sulfonamides is 3. The minimum absolute atomic E-state index is 0.0419. The van der Waals surface area contributed by atoms with E-state index in [2.05, 4.69) is 35.0 Å². The van der Waals surface area contributed by atoms with E-state index >= 15 is 0 Å². The van der Waals surface area contributed by atoms with Crippen LogP contribution in [0.3, 0.4) is 0 Å². The van der Waals surface area contributed by atoms with Crippen LogP contribution in [0.5, 0.6) is 0 Å². The van der Waals surface area contributed by atoms with E-state index in [1.54, 1.807) is 144 Å². The van der Waals surface area contributed by atoms with Gasteiger partial charge in [-0.3, -0.25) is 33.7 Å². The number of fused-ring (bicyclic) bond motifs is 3. The molecule has 24 nitrogen and oxygen atoms in total. The second-order valence-electron chi connectivity index (χ2n) is 26.5. The van der Waals surface area contributed by atoms with Gasteiger partial charge in [-0.2, -0.15) is 0 Å². The van der Waals surface area contributed by atoms with E-state index in [1.807, 2.05) is 68.1 Å². The molecule has 3 fully saturated rings. The summed E-state index contributed by atoms with van der Waals surface area (Å²) in [6, 6.07) is 52.0. The van der Waals surface area contributed by atoms with Crippen molar-refractivity contribution in [2.75, 3.05) is 74.9 Å². The third-order valence-electron chi connectivity index (χ3n) is 19.0. The molecule has 0 saturated carbocycles. The third kappa shape index (κ3) is 20.6. The number of aryl methyl sites for hydroxylation is 3. The van der Waals surface area contributed by atoms with E-state index in [1.165, 1.54) is 0 Å². The van der Waals surface area contributed by atoms with Crippen LogP contribution in [0.2, 0.25) is 0 Å². The highest BCUT2D eigenvalue weighted by Gasteiger charge is 2.31. The van der Waals surface area contributed by atoms with Crippen molar-refractivity contribution in [3.05, 3.63) is 215 Å². The Morgan fingerprint density at radius 2 is 0.629 bits per heavy atom. The molecule has 9 aromatic rings. The van der Waals surface area contributed by atoms with E-state index < -0.39 is 48.0 Å². The topological polar surface area (TPSA) is 347 Å². The number of nitrogens with zero attached hydrogens (tertiary/aromatic N) is 3. The van der Waals surface area contributed by atoms with Gasteiger partial charge in [0, 0.05) is 110 Å². The number of carbonyl (C=O) groups excluding carboxylic acids is 3. The Morgan fingerprint density at radius 1 is 0.343 bits per heavy atom. The third-order valence-corrected chi connectivity index (χ3v) is 23.8. The number of nitrogens with one attached hydrogen (secondary N) is 6. The van der Waals surface area contributed by atoms with E-state index in [9.17, 15) is 54.0 Å². The summed E-state index contributed by atoms with van der Waals surface area (Å²) in [4.78, 5) is 77.5. The summed E-state index contributed by atoms with van der Waals surface area (Å²) in [5.41, 5.74) is 5.86. The number of amides is 3. The second kappa shape index (κ2) is 35.3. The summed E-state index contributed by atoms with van der Waals surface area (Å²) < 4.78 is 88.4. The molecule has 3 aliphatic heterocycles. The molecule has 3 aliphatic rings. The predicted molar refractivity (Wildman–Crippen MR) is 405 cm³/mol. The molecular weight excluding hydrogens is 1400 g/mol. The van der Waals surface area contributed by atoms with Gasteiger partial charge in [-0.1, -0.05) is 127 Å². The summed E-state index contributed by atoms with van der Waals surface area (Å²) >= 11 is 0. The maximum atomic E-state index is 13.4. The number of hydrogen-bond acceptors (Lipinski definition) is 15. The van der Waals surface area contributed by atoms with Crippen molar-refractivity contribution in [1.29, 1.82) is 0 Å². The highest BCUT2D eigenvalue weighted by Crippen LogP contribution is 2.34. The number of piperidine rings is 3. The van der Waals surface area contributed by atoms with Gasteiger partial charge in [0.15, 0.2) is 0 Å². The number of carbonyl (C=O) groups is 6. The maximum absolute atomic E-state index is 13.4. The summed E-state index contributed by atoms with van der Waals surface area (Å²) in [7, 11) is -11.4. The molecule has 0 aromatic heterocycles. The quantitative estimate of drug-likeness (QED) is 0.0271. The fraction of sp³-hybridized carbons (Fsp3) is 0.308. The Bertz CT molecular complexity index is 5040. The largest absolute Gasteiger partial charge is 0.481 e. The van der Waals surface area contributed by atoms with Gasteiger partial charge in [0.05, 0.1) is 27.7 Å². The fourth-order valence-electron chi connectivity index (χ4n) is 13.4. The number of carboxylic acids is 3. The summed E-state index contributed by atoms with van der Waals surface area (Å²) in [6.45, 7) is 10.5. The molecule has 105 heavy (non-hydrogen) atoms. The number of benzene rings is 9. The van der Waals surface area contributed by atoms with E-state index in [-0.39, 0.29) is 69.9 Å². The first-order valence-corrected chi connectivity index (χ1v) is 39.2. The molecule has 0 atom stereocenters. The lowest BCUT2D eigenvalue weighted by Crippen LogP contribution is -2.45. The van der Waals surface area contributed by atoms with Gasteiger partial charge in [-0.15, -0.1) is 0 Å². The minimum atomic E-state index is -3.83. The molecule has 552 valence electrons. The van der Waals surface area contributed by atoms with Crippen LogP contribution >= 0.6 is 0 Å². The molecule has 9 aromatic carbocycles. The normalized spacial score (nSPS) is 15.2. The lowest BCUT2D eigenvalue weighted by Gasteiger charge is -2.32. The summed E-state index contributed by atoms with van der Waals surface area (Å²) in [5.74, 6) is -3.28. The molecule has 0 unspecified atom stereocenters. The van der Waals surface area contributed by atoms with Crippen LogP contribution in [0.4, 0.5) is 17.1 Å². The number of anilines is 3. The van der Waals surface area contributed by atoms with Gasteiger partial charge >= 0.3 is 17.9 Å². The van der Waals surface area contributed by atoms with Crippen LogP contribution < -0.4 is 30.1 Å². The zero-order chi connectivity index (χ0) is 75.0. The first-order chi connectivity index (χ1) is 50.2. The van der Waals surface area contributed by atoms with Crippen LogP contribution in [-0.4, -0.2) is 168 Å². The molecule has 3 heterocycles. The molecule has 0 radical (unpaired) electrons. The Labute approximate surface area is 611 Å². The fourth-order valence-corrected chi connectivity index (χ4v) is 18.0. The van der Waals surface area contributed by atoms with Crippen molar-refractivity contribution >= 4 is 115 Å². The molecule has 9 N–H and O–H groups in total. The average Bonchev–Trinajstić information content (AvgIpc) is 0.784. The summed E-state index contributed by atoms with van der Waals surface area (Å²) in [5, 5.41) is 38.9. The van der Waals surface area contributed by atoms with E-state index in [0.29, 0.717) is 150 Å². The average molecular weight is 1490 g/mol. The van der Waals surface area contributed by atoms with E-state index in [4.69, 9.17) is 15.3 Å². The SMILES string of the molecule is Cc1ccccc1C(=O)Nc1cccc2c(S(=O)(=O)NC3CCN(CC(=O)O)CC3)cccc12.Cc1ccccc1C(=O)Nc1cccc2c(S(=O)(=O)NC3CCN(CCC(=O)O)CC3)cccc12.Cc1ccccc1C(=O)Nc1cccc2c(S(=O)(=O)NC3CCN(CCCC(=O)O)CC3)cccc12. The molecule has 0 bridgehead atoms. The van der Waals surface area contributed by atoms with Crippen LogP contribution in [0.25, 0.3) is 32.3 Å². The first-order valence-electron chi connectivity index (χ1n) is 34.8. The number of hydrogen-bond donors (Lipinski definition) is 9. The predicted octanol–water partition coefficient (Wildman–Crippen LogP) is 10.9. The van der Waals surface area contributed by atoms with Crippen LogP contribution in [-0.2, 0) is 44.5 Å². The lowest BCUT2D eigenvalue weighted by molar-refractivity contribution is -0.139. The van der Waals surface area contributed by atoms with Gasteiger partial charge in [0.1, 0.15) is 0 Å². The standard InChI is InChI=1S/C27H31N3O5S.C26H29N3O5S.C25H27N3O5S/c1-19-7-2-3-8-21(19)27(33)28-24-11-4-10-23-22(24)9-5-12-25(23)36(34,35)29-20-14-17-30(18-15-20)16-6-13-26(31)32;1-18-6-2-3-7-20(18)26(32)27-23-10-4-9-22-21(23)8-5-11-24(22)35(33,34)28-19-12-15-29(16-13-19)17-14-25(30)31;1-17-6-2-3-7-19(17)25(31)26-22-10-4-9-21-20(22)8-5-11-23(21)34(32,33)27-18-12-14-28(15-13-18)16-24(29)30/h2-5,7-12,20,29H,6,13-18H2,1H3,(H,28,33)(H,31,32);2-11,19,28H,12-17H2,1H3,(H,27,32)(H,30,31);2-11,18,27H,12-16H2,1H3,(H,26,31)(H,29,30). The number of aliphatic carboxylic acids is 3. The molecular formula is C78H87N9O15S3. The Kier molecular flexibility index (Phi) is 26.2. The number of rotatable bonds is 24. The van der Waals surface area contributed by atoms with Crippen molar-refractivity contribution in [1.82, 2.24) is 28.9 Å². The molecule has 3 saturated heterocycles. The van der Waals surface area contributed by atoms with Crippen molar-refractivity contribution in [2.24, 2.45) is 0 Å². The zero-order valence-corrected chi connectivity index (χ0v) is 61.0. The minimum Gasteiger partial charge on any atom is -0.481 e. The second-order valence-corrected chi connectivity index (χ2v) is 31.5. The summed E-state index contributed by atoms with van der Waals surface area (Å²) in [6.07, 6.45) is 4.43. The van der Waals surface area contributed by atoms with Crippen molar-refractivity contribution in [3.8, 4) is 0 Å². The smallest absolute Gasteiger partial charge is 0.317 e. The Hall–Kier alpha value is -9.81. The highest BCUT2D eigenvalue weighted by atomic mass is 32.2. The maximum Gasteiger partial charge on any atom is 0.317 e. The van der Waals surface area contributed by atoms with Gasteiger partial charge in [-0.25, -0.2) is 39.4 Å². The van der Waals surface area contributed by atoms with Gasteiger partial charge in [-0.05, 0) is 170 Å². The lowest BCUT2D eigenvalue weighted by atomic mass is 10.1. The first kappa shape index (κ1) is 77.8. The van der Waals surface area contributed by atoms with E-state index in [0.717, 1.165) is 29.8 Å². The van der Waals surface area contributed by atoms with Gasteiger partial charge in [0.25, 0.3) is 17.7 Å². The molecule has 3 amide bonds. The van der Waals surface area contributed by atoms with Crippen molar-refractivity contribution < 1.29 is 69.3 Å². The van der Waals surface area contributed by atoms with Crippen LogP contribution in [0, 0.1) is 20.8 Å². The molecule has 12 rings (SSSR count). The van der Waals surface area contributed by atoms with Crippen LogP contribution in [0.1, 0.15) is 106 Å². The van der Waals surface area contributed by atoms with Gasteiger partial charge in [0.2, 0.25) is 30.1 Å². The zero-order valence-electron chi connectivity index (χ0n) is 58.6. The molecule has 0 aliphatic carbocycles.